The van der Waals surface area contributed by atoms with Crippen molar-refractivity contribution in [1.29, 1.82) is 0 Å². The zero-order chi connectivity index (χ0) is 16.9. The predicted octanol–water partition coefficient (Wildman–Crippen LogP) is 2.05. The molecule has 1 aromatic heterocycles. The molecule has 1 amide bonds. The quantitative estimate of drug-likeness (QED) is 0.919. The van der Waals surface area contributed by atoms with Crippen LogP contribution in [0.15, 0.2) is 23.1 Å². The highest BCUT2D eigenvalue weighted by molar-refractivity contribution is 5.79. The lowest BCUT2D eigenvalue weighted by Gasteiger charge is -2.33. The van der Waals surface area contributed by atoms with Crippen LogP contribution in [0.25, 0.3) is 0 Å². The van der Waals surface area contributed by atoms with Gasteiger partial charge >= 0.3 is 0 Å². The zero-order valence-electron chi connectivity index (χ0n) is 14.7. The van der Waals surface area contributed by atoms with Gasteiger partial charge in [0.25, 0.3) is 5.56 Å². The lowest BCUT2D eigenvalue weighted by atomic mass is 9.88. The van der Waals surface area contributed by atoms with Gasteiger partial charge in [0.15, 0.2) is 0 Å². The van der Waals surface area contributed by atoms with Crippen LogP contribution in [0.4, 0.5) is 0 Å². The van der Waals surface area contributed by atoms with E-state index in [-0.39, 0.29) is 17.4 Å². The molecule has 5 heteroatoms. The zero-order valence-corrected chi connectivity index (χ0v) is 14.7. The van der Waals surface area contributed by atoms with Crippen molar-refractivity contribution >= 4 is 5.91 Å². The van der Waals surface area contributed by atoms with E-state index in [1.807, 2.05) is 12.3 Å². The Labute approximate surface area is 144 Å². The third kappa shape index (κ3) is 4.47. The summed E-state index contributed by atoms with van der Waals surface area (Å²) in [6, 6.07) is 4.05. The van der Waals surface area contributed by atoms with Crippen LogP contribution in [0.5, 0.6) is 0 Å². The van der Waals surface area contributed by atoms with Gasteiger partial charge in [0.05, 0.1) is 0 Å². The fraction of sp³-hybridized carbons (Fsp3) is 0.684. The van der Waals surface area contributed by atoms with E-state index in [1.54, 1.807) is 17.7 Å². The van der Waals surface area contributed by atoms with Crippen molar-refractivity contribution in [2.45, 2.75) is 57.5 Å². The maximum absolute atomic E-state index is 12.3. The number of aryl methyl sites for hydroxylation is 1. The summed E-state index contributed by atoms with van der Waals surface area (Å²) in [7, 11) is 1.77. The largest absolute Gasteiger partial charge is 0.353 e. The number of nitrogens with zero attached hydrogens (tertiary/aromatic N) is 2. The van der Waals surface area contributed by atoms with Gasteiger partial charge in [-0.05, 0) is 37.3 Å². The summed E-state index contributed by atoms with van der Waals surface area (Å²) < 4.78 is 1.59. The highest BCUT2D eigenvalue weighted by Gasteiger charge is 2.25. The van der Waals surface area contributed by atoms with E-state index in [0.29, 0.717) is 6.04 Å². The Morgan fingerprint density at radius 2 is 1.88 bits per heavy atom. The van der Waals surface area contributed by atoms with E-state index >= 15 is 0 Å². The van der Waals surface area contributed by atoms with Crippen LogP contribution in [0, 0.1) is 5.92 Å². The van der Waals surface area contributed by atoms with Crippen LogP contribution >= 0.6 is 0 Å². The van der Waals surface area contributed by atoms with E-state index in [0.717, 1.165) is 50.9 Å². The van der Waals surface area contributed by atoms with E-state index in [1.165, 1.54) is 19.3 Å². The Hall–Kier alpha value is -1.62. The van der Waals surface area contributed by atoms with E-state index < -0.39 is 0 Å². The number of nitrogens with one attached hydrogen (secondary N) is 1. The van der Waals surface area contributed by atoms with Gasteiger partial charge in [0.1, 0.15) is 0 Å². The molecule has 0 bridgehead atoms. The molecule has 1 aromatic rings. The Kier molecular flexibility index (Phi) is 5.72. The number of amides is 1. The van der Waals surface area contributed by atoms with Crippen molar-refractivity contribution in [3.8, 4) is 0 Å². The number of hydrogen-bond donors (Lipinski definition) is 1. The van der Waals surface area contributed by atoms with Crippen molar-refractivity contribution in [2.24, 2.45) is 13.0 Å². The minimum atomic E-state index is 0.0436. The lowest BCUT2D eigenvalue weighted by Crippen LogP contribution is -2.46. The highest BCUT2D eigenvalue weighted by atomic mass is 16.2. The number of carbonyl (C=O) groups excluding carboxylic acids is 1. The first kappa shape index (κ1) is 17.2. The minimum absolute atomic E-state index is 0.0436. The summed E-state index contributed by atoms with van der Waals surface area (Å²) in [6.45, 7) is 2.77. The predicted molar refractivity (Wildman–Crippen MR) is 94.7 cm³/mol. The Balaban J connectivity index is 1.44. The molecule has 1 aliphatic heterocycles. The van der Waals surface area contributed by atoms with Crippen LogP contribution < -0.4 is 10.9 Å². The van der Waals surface area contributed by atoms with Gasteiger partial charge in [0.2, 0.25) is 5.91 Å². The molecule has 0 aromatic carbocycles. The molecule has 0 unspecified atom stereocenters. The van der Waals surface area contributed by atoms with Crippen molar-refractivity contribution < 1.29 is 4.79 Å². The Bertz CT molecular complexity index is 611. The lowest BCUT2D eigenvalue weighted by molar-refractivity contribution is -0.127. The molecule has 1 aliphatic carbocycles. The van der Waals surface area contributed by atoms with E-state index in [2.05, 4.69) is 10.2 Å². The van der Waals surface area contributed by atoms with Crippen LogP contribution in [-0.4, -0.2) is 34.5 Å². The maximum Gasteiger partial charge on any atom is 0.250 e. The summed E-state index contributed by atoms with van der Waals surface area (Å²) in [6.07, 6.45) is 9.65. The molecule has 2 aliphatic rings. The summed E-state index contributed by atoms with van der Waals surface area (Å²) in [5.41, 5.74) is 1.12. The normalized spacial score (nSPS) is 20.9. The summed E-state index contributed by atoms with van der Waals surface area (Å²) in [4.78, 5) is 26.4. The van der Waals surface area contributed by atoms with Crippen LogP contribution in [0.3, 0.4) is 0 Å². The number of carbonyl (C=O) groups is 1. The standard InChI is InChI=1S/C19H29N3O2/c1-21-10-7-15(13-18(21)23)14-22-11-8-17(9-12-22)20-19(24)16-5-3-2-4-6-16/h7,10,13,16-17H,2-6,8-9,11-12,14H2,1H3,(H,20,24). The van der Waals surface area contributed by atoms with Gasteiger partial charge in [0, 0.05) is 50.9 Å². The third-order valence-electron chi connectivity index (χ3n) is 5.48. The SMILES string of the molecule is Cn1ccc(CN2CCC(NC(=O)C3CCCCC3)CC2)cc1=O. The molecule has 2 fully saturated rings. The Morgan fingerprint density at radius 3 is 2.54 bits per heavy atom. The summed E-state index contributed by atoms with van der Waals surface area (Å²) >= 11 is 0. The molecule has 0 spiro atoms. The number of piperidine rings is 1. The minimum Gasteiger partial charge on any atom is -0.353 e. The molecular formula is C19H29N3O2. The van der Waals surface area contributed by atoms with Crippen LogP contribution in [0.2, 0.25) is 0 Å². The van der Waals surface area contributed by atoms with E-state index in [4.69, 9.17) is 0 Å². The fourth-order valence-corrected chi connectivity index (χ4v) is 3.87. The second-order valence-corrected chi connectivity index (χ2v) is 7.38. The molecule has 24 heavy (non-hydrogen) atoms. The average molecular weight is 331 g/mol. The first-order chi connectivity index (χ1) is 11.6. The highest BCUT2D eigenvalue weighted by Crippen LogP contribution is 2.24. The molecular weight excluding hydrogens is 302 g/mol. The molecule has 1 saturated carbocycles. The Morgan fingerprint density at radius 1 is 1.17 bits per heavy atom. The summed E-state index contributed by atoms with van der Waals surface area (Å²) in [5, 5.41) is 3.27. The van der Waals surface area contributed by atoms with Gasteiger partial charge in [-0.25, -0.2) is 0 Å². The molecule has 0 radical (unpaired) electrons. The molecule has 1 saturated heterocycles. The average Bonchev–Trinajstić information content (AvgIpc) is 2.61. The van der Waals surface area contributed by atoms with Gasteiger partial charge in [-0.2, -0.15) is 0 Å². The monoisotopic (exact) mass is 331 g/mol. The van der Waals surface area contributed by atoms with Crippen molar-refractivity contribution in [2.75, 3.05) is 13.1 Å². The molecule has 3 rings (SSSR count). The van der Waals surface area contributed by atoms with Gasteiger partial charge in [-0.15, -0.1) is 0 Å². The molecule has 0 atom stereocenters. The number of hydrogen-bond acceptors (Lipinski definition) is 3. The van der Waals surface area contributed by atoms with Gasteiger partial charge < -0.3 is 9.88 Å². The third-order valence-corrected chi connectivity index (χ3v) is 5.48. The topological polar surface area (TPSA) is 54.3 Å². The second kappa shape index (κ2) is 7.97. The second-order valence-electron chi connectivity index (χ2n) is 7.38. The smallest absolute Gasteiger partial charge is 0.250 e. The molecule has 132 valence electrons. The number of aromatic nitrogens is 1. The molecule has 5 nitrogen and oxygen atoms in total. The number of rotatable bonds is 4. The molecule has 1 N–H and O–H groups in total. The van der Waals surface area contributed by atoms with Gasteiger partial charge in [-0.1, -0.05) is 19.3 Å². The van der Waals surface area contributed by atoms with Crippen molar-refractivity contribution in [3.63, 3.8) is 0 Å². The van der Waals surface area contributed by atoms with Crippen LogP contribution in [0.1, 0.15) is 50.5 Å². The maximum atomic E-state index is 12.3. The first-order valence-electron chi connectivity index (χ1n) is 9.30. The van der Waals surface area contributed by atoms with E-state index in [9.17, 15) is 9.59 Å². The van der Waals surface area contributed by atoms with Gasteiger partial charge in [-0.3, -0.25) is 14.5 Å². The fourth-order valence-electron chi connectivity index (χ4n) is 3.87. The number of likely N-dealkylation sites (tertiary alicyclic amines) is 1. The molecule has 2 heterocycles. The van der Waals surface area contributed by atoms with Crippen molar-refractivity contribution in [1.82, 2.24) is 14.8 Å². The van der Waals surface area contributed by atoms with Crippen LogP contribution in [-0.2, 0) is 18.4 Å². The summed E-state index contributed by atoms with van der Waals surface area (Å²) in [5.74, 6) is 0.525. The first-order valence-corrected chi connectivity index (χ1v) is 9.30. The van der Waals surface area contributed by atoms with Crippen molar-refractivity contribution in [3.05, 3.63) is 34.2 Å². The number of pyridine rings is 1.